The molecule has 0 bridgehead atoms. The highest BCUT2D eigenvalue weighted by molar-refractivity contribution is 5.49. The number of nitrogens with zero attached hydrogens (tertiary/aromatic N) is 1. The lowest BCUT2D eigenvalue weighted by Crippen LogP contribution is -2.30. The first-order valence-electron chi connectivity index (χ1n) is 9.31. The van der Waals surface area contributed by atoms with Crippen molar-refractivity contribution in [3.63, 3.8) is 0 Å². The molecule has 2 atom stereocenters. The number of aromatic nitrogens is 1. The van der Waals surface area contributed by atoms with Crippen LogP contribution in [0.15, 0.2) is 22.3 Å². The molecule has 0 saturated heterocycles. The number of fused-ring (bicyclic) bond motifs is 1. The summed E-state index contributed by atoms with van der Waals surface area (Å²) in [6.45, 7) is 6.11. The Morgan fingerprint density at radius 3 is 2.68 bits per heavy atom. The maximum Gasteiger partial charge on any atom is 0.255 e. The fourth-order valence-electron chi connectivity index (χ4n) is 3.63. The normalized spacial score (nSPS) is 17.6. The van der Waals surface area contributed by atoms with E-state index in [2.05, 4.69) is 24.9 Å². The number of hydrogen-bond donors (Lipinski definition) is 2. The van der Waals surface area contributed by atoms with Crippen LogP contribution < -0.4 is 16.0 Å². The molecule has 0 radical (unpaired) electrons. The molecule has 1 aliphatic rings. The summed E-state index contributed by atoms with van der Waals surface area (Å²) in [4.78, 5) is 15.3. The van der Waals surface area contributed by atoms with E-state index in [-0.39, 0.29) is 23.3 Å². The summed E-state index contributed by atoms with van der Waals surface area (Å²) in [7, 11) is 0. The van der Waals surface area contributed by atoms with Crippen LogP contribution >= 0.6 is 0 Å². The van der Waals surface area contributed by atoms with E-state index < -0.39 is 0 Å². The first-order chi connectivity index (χ1) is 12.0. The topological polar surface area (TPSA) is 91.9 Å². The van der Waals surface area contributed by atoms with Gasteiger partial charge in [-0.2, -0.15) is 5.26 Å². The summed E-state index contributed by atoms with van der Waals surface area (Å²) in [6, 6.07) is 3.94. The molecule has 2 heterocycles. The zero-order valence-corrected chi connectivity index (χ0v) is 15.5. The molecular formula is C20H29N3O2. The number of aromatic amines is 1. The Morgan fingerprint density at radius 1 is 1.32 bits per heavy atom. The van der Waals surface area contributed by atoms with Gasteiger partial charge in [0.2, 0.25) is 5.88 Å². The van der Waals surface area contributed by atoms with Crippen molar-refractivity contribution in [2.45, 2.75) is 71.6 Å². The average Bonchev–Trinajstić information content (AvgIpc) is 2.56. The highest BCUT2D eigenvalue weighted by Gasteiger charge is 2.35. The molecule has 0 aromatic carbocycles. The number of unbranched alkanes of at least 4 members (excludes halogenated alkanes) is 5. The summed E-state index contributed by atoms with van der Waals surface area (Å²) in [6.07, 6.45) is 8.30. The van der Waals surface area contributed by atoms with Gasteiger partial charge in [0.05, 0.1) is 11.1 Å². The SMILES string of the molecule is CCCCCCCC[C@H](C)[C@H]1C(C#N)=C(N)Oc2cc(C)[nH]c(=O)c21. The number of nitriles is 1. The summed E-state index contributed by atoms with van der Waals surface area (Å²) in [5, 5.41) is 9.54. The maximum absolute atomic E-state index is 12.5. The van der Waals surface area contributed by atoms with E-state index in [4.69, 9.17) is 10.5 Å². The van der Waals surface area contributed by atoms with Gasteiger partial charge in [0.15, 0.2) is 0 Å². The van der Waals surface area contributed by atoms with Gasteiger partial charge >= 0.3 is 0 Å². The molecular weight excluding hydrogens is 314 g/mol. The monoisotopic (exact) mass is 343 g/mol. The van der Waals surface area contributed by atoms with Crippen molar-refractivity contribution in [1.29, 1.82) is 5.26 Å². The summed E-state index contributed by atoms with van der Waals surface area (Å²) >= 11 is 0. The lowest BCUT2D eigenvalue weighted by atomic mass is 9.78. The standard InChI is InChI=1S/C20H29N3O2/c1-4-5-6-7-8-9-10-13(2)17-15(12-21)19(22)25-16-11-14(3)23-20(24)18(16)17/h11,13,17H,4-10,22H2,1-3H3,(H,23,24)/t13-,17-/m0/s1. The molecule has 25 heavy (non-hydrogen) atoms. The molecule has 5 nitrogen and oxygen atoms in total. The van der Waals surface area contributed by atoms with Gasteiger partial charge in [-0.15, -0.1) is 0 Å². The summed E-state index contributed by atoms with van der Waals surface area (Å²) in [5.74, 6) is 0.469. The highest BCUT2D eigenvalue weighted by atomic mass is 16.5. The minimum absolute atomic E-state index is 0.125. The van der Waals surface area contributed by atoms with Crippen molar-refractivity contribution in [1.82, 2.24) is 4.98 Å². The number of hydrogen-bond acceptors (Lipinski definition) is 4. The third-order valence-electron chi connectivity index (χ3n) is 4.98. The number of ether oxygens (including phenoxy) is 1. The highest BCUT2D eigenvalue weighted by Crippen LogP contribution is 2.41. The first kappa shape index (κ1) is 19.1. The zero-order valence-electron chi connectivity index (χ0n) is 15.5. The molecule has 3 N–H and O–H groups in total. The molecule has 0 aliphatic carbocycles. The number of allylic oxidation sites excluding steroid dienone is 1. The lowest BCUT2D eigenvalue weighted by molar-refractivity contribution is 0.352. The Labute approximate surface area is 149 Å². The lowest BCUT2D eigenvalue weighted by Gasteiger charge is -2.29. The van der Waals surface area contributed by atoms with Crippen molar-refractivity contribution in [3.05, 3.63) is 39.1 Å². The third-order valence-corrected chi connectivity index (χ3v) is 4.98. The fourth-order valence-corrected chi connectivity index (χ4v) is 3.63. The molecule has 0 fully saturated rings. The van der Waals surface area contributed by atoms with Crippen molar-refractivity contribution in [3.8, 4) is 11.8 Å². The molecule has 0 unspecified atom stereocenters. The Balaban J connectivity index is 2.17. The number of aryl methyl sites for hydroxylation is 1. The van der Waals surface area contributed by atoms with Gasteiger partial charge in [0, 0.05) is 17.7 Å². The minimum atomic E-state index is -0.297. The van der Waals surface area contributed by atoms with Gasteiger partial charge in [-0.3, -0.25) is 4.79 Å². The van der Waals surface area contributed by atoms with Crippen LogP contribution in [-0.4, -0.2) is 4.98 Å². The molecule has 5 heteroatoms. The van der Waals surface area contributed by atoms with Gasteiger partial charge in [-0.1, -0.05) is 52.4 Å². The fraction of sp³-hybridized carbons (Fsp3) is 0.600. The van der Waals surface area contributed by atoms with E-state index in [0.717, 1.165) is 18.5 Å². The van der Waals surface area contributed by atoms with E-state index in [1.54, 1.807) is 13.0 Å². The molecule has 1 aromatic rings. The first-order valence-corrected chi connectivity index (χ1v) is 9.31. The minimum Gasteiger partial charge on any atom is -0.440 e. The van der Waals surface area contributed by atoms with E-state index in [1.165, 1.54) is 32.1 Å². The van der Waals surface area contributed by atoms with Crippen LogP contribution in [0, 0.1) is 24.2 Å². The zero-order chi connectivity index (χ0) is 18.4. The molecule has 0 spiro atoms. The van der Waals surface area contributed by atoms with Crippen LogP contribution in [0.5, 0.6) is 5.75 Å². The predicted octanol–water partition coefficient (Wildman–Crippen LogP) is 4.24. The van der Waals surface area contributed by atoms with Crippen LogP contribution in [0.3, 0.4) is 0 Å². The second kappa shape index (κ2) is 8.75. The molecule has 0 saturated carbocycles. The average molecular weight is 343 g/mol. The summed E-state index contributed by atoms with van der Waals surface area (Å²) in [5.41, 5.74) is 7.41. The number of nitrogens with one attached hydrogen (secondary N) is 1. The number of rotatable bonds is 8. The number of nitrogens with two attached hydrogens (primary N) is 1. The Hall–Kier alpha value is -2.22. The molecule has 1 aliphatic heterocycles. The largest absolute Gasteiger partial charge is 0.440 e. The quantitative estimate of drug-likeness (QED) is 0.691. The second-order valence-electron chi connectivity index (χ2n) is 7.06. The maximum atomic E-state index is 12.5. The van der Waals surface area contributed by atoms with E-state index in [1.807, 2.05) is 0 Å². The smallest absolute Gasteiger partial charge is 0.255 e. The summed E-state index contributed by atoms with van der Waals surface area (Å²) < 4.78 is 5.56. The molecule has 0 amide bonds. The molecule has 2 rings (SSSR count). The van der Waals surface area contributed by atoms with Gasteiger partial charge in [-0.05, 0) is 19.3 Å². The van der Waals surface area contributed by atoms with Gasteiger partial charge in [0.1, 0.15) is 11.8 Å². The number of pyridine rings is 1. The van der Waals surface area contributed by atoms with Crippen LogP contribution in [-0.2, 0) is 0 Å². The van der Waals surface area contributed by atoms with E-state index in [0.29, 0.717) is 16.9 Å². The van der Waals surface area contributed by atoms with Gasteiger partial charge < -0.3 is 15.5 Å². The van der Waals surface area contributed by atoms with Crippen LogP contribution in [0.1, 0.15) is 76.0 Å². The van der Waals surface area contributed by atoms with Crippen LogP contribution in [0.4, 0.5) is 0 Å². The van der Waals surface area contributed by atoms with Gasteiger partial charge in [0.25, 0.3) is 5.56 Å². The Bertz CT molecular complexity index is 727. The van der Waals surface area contributed by atoms with E-state index in [9.17, 15) is 10.1 Å². The van der Waals surface area contributed by atoms with Crippen molar-refractivity contribution in [2.75, 3.05) is 0 Å². The Morgan fingerprint density at radius 2 is 2.00 bits per heavy atom. The van der Waals surface area contributed by atoms with Crippen molar-refractivity contribution >= 4 is 0 Å². The Kier molecular flexibility index (Phi) is 6.69. The molecule has 1 aromatic heterocycles. The predicted molar refractivity (Wildman–Crippen MR) is 99.2 cm³/mol. The van der Waals surface area contributed by atoms with Crippen molar-refractivity contribution < 1.29 is 4.74 Å². The van der Waals surface area contributed by atoms with E-state index >= 15 is 0 Å². The van der Waals surface area contributed by atoms with Crippen LogP contribution in [0.2, 0.25) is 0 Å². The van der Waals surface area contributed by atoms with Crippen molar-refractivity contribution in [2.24, 2.45) is 11.7 Å². The third kappa shape index (κ3) is 4.45. The number of H-pyrrole nitrogens is 1. The van der Waals surface area contributed by atoms with Gasteiger partial charge in [-0.25, -0.2) is 0 Å². The van der Waals surface area contributed by atoms with Crippen LogP contribution in [0.25, 0.3) is 0 Å². The second-order valence-corrected chi connectivity index (χ2v) is 7.06. The molecule has 136 valence electrons.